The van der Waals surface area contributed by atoms with Crippen molar-refractivity contribution in [2.75, 3.05) is 11.9 Å². The summed E-state index contributed by atoms with van der Waals surface area (Å²) in [4.78, 5) is 0. The Kier molecular flexibility index (Phi) is 4.46. The van der Waals surface area contributed by atoms with Gasteiger partial charge in [-0.2, -0.15) is 0 Å². The predicted molar refractivity (Wildman–Crippen MR) is 78.6 cm³/mol. The van der Waals surface area contributed by atoms with Gasteiger partial charge in [0.25, 0.3) is 0 Å². The highest BCUT2D eigenvalue weighted by Gasteiger charge is 2.40. The van der Waals surface area contributed by atoms with Gasteiger partial charge in [-0.25, -0.2) is 4.39 Å². The molecule has 106 valence electrons. The van der Waals surface area contributed by atoms with Gasteiger partial charge >= 0.3 is 0 Å². The highest BCUT2D eigenvalue weighted by molar-refractivity contribution is 5.46. The Balaban J connectivity index is 2.22. The van der Waals surface area contributed by atoms with Gasteiger partial charge in [-0.15, -0.1) is 0 Å². The molecule has 0 spiro atoms. The van der Waals surface area contributed by atoms with Gasteiger partial charge in [-0.3, -0.25) is 0 Å². The third kappa shape index (κ3) is 3.08. The first-order chi connectivity index (χ1) is 9.07. The topological polar surface area (TPSA) is 38.0 Å². The fraction of sp³-hybridized carbons (Fsp3) is 0.625. The second kappa shape index (κ2) is 5.91. The Bertz CT molecular complexity index is 402. The summed E-state index contributed by atoms with van der Waals surface area (Å²) in [6.45, 7) is 5.17. The summed E-state index contributed by atoms with van der Waals surface area (Å²) in [6, 6.07) is 6.61. The molecule has 1 aliphatic rings. The summed E-state index contributed by atoms with van der Waals surface area (Å²) in [5.41, 5.74) is 7.04. The first kappa shape index (κ1) is 14.3. The van der Waals surface area contributed by atoms with Crippen LogP contribution in [0.2, 0.25) is 0 Å². The Morgan fingerprint density at radius 1 is 1.32 bits per heavy atom. The first-order valence-corrected chi connectivity index (χ1v) is 7.31. The zero-order chi connectivity index (χ0) is 13.9. The van der Waals surface area contributed by atoms with Crippen LogP contribution in [0.3, 0.4) is 0 Å². The molecule has 0 heterocycles. The van der Waals surface area contributed by atoms with Gasteiger partial charge in [0, 0.05) is 12.2 Å². The molecule has 0 aliphatic heterocycles. The van der Waals surface area contributed by atoms with Crippen LogP contribution in [0.4, 0.5) is 10.1 Å². The third-order valence-electron chi connectivity index (χ3n) is 4.50. The molecule has 1 aliphatic carbocycles. The van der Waals surface area contributed by atoms with E-state index in [2.05, 4.69) is 19.2 Å². The molecule has 2 nitrogen and oxygen atoms in total. The molecule has 1 aromatic rings. The molecular weight excluding hydrogens is 239 g/mol. The summed E-state index contributed by atoms with van der Waals surface area (Å²) in [5.74, 6) is 0.990. The molecule has 1 aromatic carbocycles. The van der Waals surface area contributed by atoms with E-state index in [0.717, 1.165) is 12.1 Å². The van der Waals surface area contributed by atoms with Crippen molar-refractivity contribution in [1.82, 2.24) is 0 Å². The van der Waals surface area contributed by atoms with Crippen LogP contribution < -0.4 is 11.1 Å². The SMILES string of the molecule is CC(C)C1CCCCC1(CN)Nc1ccc(F)cc1. The minimum atomic E-state index is -0.198. The number of hydrogen-bond acceptors (Lipinski definition) is 2. The lowest BCUT2D eigenvalue weighted by atomic mass is 9.67. The standard InChI is InChI=1S/C16H25FN2/c1-12(2)15-5-3-4-10-16(15,11-18)19-14-8-6-13(17)7-9-14/h6-9,12,15,19H,3-5,10-11,18H2,1-2H3. The second-order valence-electron chi connectivity index (χ2n) is 6.09. The molecule has 0 radical (unpaired) electrons. The van der Waals surface area contributed by atoms with Crippen molar-refractivity contribution < 1.29 is 4.39 Å². The molecule has 3 N–H and O–H groups in total. The molecule has 19 heavy (non-hydrogen) atoms. The van der Waals surface area contributed by atoms with Gasteiger partial charge in [0.05, 0.1) is 5.54 Å². The number of nitrogens with two attached hydrogens (primary N) is 1. The molecule has 2 rings (SSSR count). The van der Waals surface area contributed by atoms with E-state index < -0.39 is 0 Å². The van der Waals surface area contributed by atoms with Gasteiger partial charge < -0.3 is 11.1 Å². The van der Waals surface area contributed by atoms with Crippen LogP contribution in [0, 0.1) is 17.7 Å². The zero-order valence-electron chi connectivity index (χ0n) is 12.0. The molecule has 2 unspecified atom stereocenters. The van der Waals surface area contributed by atoms with Gasteiger partial charge in [0.2, 0.25) is 0 Å². The predicted octanol–water partition coefficient (Wildman–Crippen LogP) is 3.78. The van der Waals surface area contributed by atoms with E-state index in [1.54, 1.807) is 12.1 Å². The normalized spacial score (nSPS) is 27.5. The number of anilines is 1. The highest BCUT2D eigenvalue weighted by Crippen LogP contribution is 2.40. The Hall–Kier alpha value is -1.09. The molecule has 0 amide bonds. The van der Waals surface area contributed by atoms with Crippen molar-refractivity contribution in [2.24, 2.45) is 17.6 Å². The summed E-state index contributed by atoms with van der Waals surface area (Å²) >= 11 is 0. The fourth-order valence-electron chi connectivity index (χ4n) is 3.52. The Labute approximate surface area is 115 Å². The van der Waals surface area contributed by atoms with Crippen LogP contribution >= 0.6 is 0 Å². The van der Waals surface area contributed by atoms with Crippen molar-refractivity contribution in [2.45, 2.75) is 45.1 Å². The van der Waals surface area contributed by atoms with Gasteiger partial charge in [-0.05, 0) is 48.9 Å². The van der Waals surface area contributed by atoms with E-state index >= 15 is 0 Å². The van der Waals surface area contributed by atoms with Crippen LogP contribution in [0.5, 0.6) is 0 Å². The maximum absolute atomic E-state index is 13.0. The van der Waals surface area contributed by atoms with E-state index in [0.29, 0.717) is 18.4 Å². The molecule has 2 atom stereocenters. The van der Waals surface area contributed by atoms with Crippen LogP contribution in [0.1, 0.15) is 39.5 Å². The summed E-state index contributed by atoms with van der Waals surface area (Å²) < 4.78 is 13.0. The van der Waals surface area contributed by atoms with Crippen molar-refractivity contribution in [3.8, 4) is 0 Å². The quantitative estimate of drug-likeness (QED) is 0.868. The molecule has 0 saturated heterocycles. The van der Waals surface area contributed by atoms with E-state index in [-0.39, 0.29) is 11.4 Å². The minimum absolute atomic E-state index is 0.0375. The van der Waals surface area contributed by atoms with Crippen LogP contribution in [-0.2, 0) is 0 Å². The van der Waals surface area contributed by atoms with E-state index in [9.17, 15) is 4.39 Å². The Morgan fingerprint density at radius 2 is 2.00 bits per heavy atom. The van der Waals surface area contributed by atoms with Crippen LogP contribution in [-0.4, -0.2) is 12.1 Å². The summed E-state index contributed by atoms with van der Waals surface area (Å²) in [5, 5.41) is 3.61. The number of nitrogens with one attached hydrogen (secondary N) is 1. The smallest absolute Gasteiger partial charge is 0.123 e. The minimum Gasteiger partial charge on any atom is -0.378 e. The number of hydrogen-bond donors (Lipinski definition) is 2. The molecule has 1 fully saturated rings. The largest absolute Gasteiger partial charge is 0.378 e. The van der Waals surface area contributed by atoms with E-state index in [4.69, 9.17) is 5.73 Å². The lowest BCUT2D eigenvalue weighted by Gasteiger charge is -2.47. The molecule has 1 saturated carbocycles. The maximum Gasteiger partial charge on any atom is 0.123 e. The molecule has 0 bridgehead atoms. The first-order valence-electron chi connectivity index (χ1n) is 7.31. The van der Waals surface area contributed by atoms with Crippen molar-refractivity contribution >= 4 is 5.69 Å². The van der Waals surface area contributed by atoms with E-state index in [1.165, 1.54) is 31.4 Å². The summed E-state index contributed by atoms with van der Waals surface area (Å²) in [6.07, 6.45) is 4.83. The van der Waals surface area contributed by atoms with Crippen molar-refractivity contribution in [1.29, 1.82) is 0 Å². The number of halogens is 1. The van der Waals surface area contributed by atoms with Crippen LogP contribution in [0.25, 0.3) is 0 Å². The highest BCUT2D eigenvalue weighted by atomic mass is 19.1. The number of benzene rings is 1. The fourth-order valence-corrected chi connectivity index (χ4v) is 3.52. The lowest BCUT2D eigenvalue weighted by Crippen LogP contribution is -2.55. The molecule has 3 heteroatoms. The number of rotatable bonds is 4. The van der Waals surface area contributed by atoms with Crippen LogP contribution in [0.15, 0.2) is 24.3 Å². The van der Waals surface area contributed by atoms with Gasteiger partial charge in [-0.1, -0.05) is 26.7 Å². The average Bonchev–Trinajstić information content (AvgIpc) is 2.41. The molecular formula is C16H25FN2. The zero-order valence-corrected chi connectivity index (χ0v) is 12.0. The van der Waals surface area contributed by atoms with Crippen molar-refractivity contribution in [3.05, 3.63) is 30.1 Å². The molecule has 0 aromatic heterocycles. The lowest BCUT2D eigenvalue weighted by molar-refractivity contribution is 0.166. The van der Waals surface area contributed by atoms with Gasteiger partial charge in [0.1, 0.15) is 5.82 Å². The van der Waals surface area contributed by atoms with Crippen molar-refractivity contribution in [3.63, 3.8) is 0 Å². The van der Waals surface area contributed by atoms with E-state index in [1.807, 2.05) is 0 Å². The summed E-state index contributed by atoms with van der Waals surface area (Å²) in [7, 11) is 0. The second-order valence-corrected chi connectivity index (χ2v) is 6.09. The maximum atomic E-state index is 13.0. The third-order valence-corrected chi connectivity index (χ3v) is 4.50. The van der Waals surface area contributed by atoms with Gasteiger partial charge in [0.15, 0.2) is 0 Å². The average molecular weight is 264 g/mol. The monoisotopic (exact) mass is 264 g/mol. The Morgan fingerprint density at radius 3 is 2.58 bits per heavy atom.